The zero-order valence-electron chi connectivity index (χ0n) is 11.1. The van der Waals surface area contributed by atoms with Gasteiger partial charge in [0.25, 0.3) is 0 Å². The molecule has 0 bridgehead atoms. The van der Waals surface area contributed by atoms with Gasteiger partial charge in [-0.25, -0.2) is 0 Å². The lowest BCUT2D eigenvalue weighted by Crippen LogP contribution is -2.25. The summed E-state index contributed by atoms with van der Waals surface area (Å²) in [5.41, 5.74) is 0.429. The van der Waals surface area contributed by atoms with Crippen LogP contribution in [-0.4, -0.2) is 51.8 Å². The summed E-state index contributed by atoms with van der Waals surface area (Å²) in [6.07, 6.45) is 1.21. The minimum atomic E-state index is 0.429. The van der Waals surface area contributed by atoms with Gasteiger partial charge in [0.1, 0.15) is 0 Å². The van der Waals surface area contributed by atoms with Crippen molar-refractivity contribution in [3.05, 3.63) is 0 Å². The molecule has 15 heavy (non-hydrogen) atoms. The molecule has 0 radical (unpaired) electrons. The maximum absolute atomic E-state index is 5.47. The smallest absolute Gasteiger partial charge is 0.0593 e. The van der Waals surface area contributed by atoms with Gasteiger partial charge in [-0.3, -0.25) is 0 Å². The summed E-state index contributed by atoms with van der Waals surface area (Å²) in [6.45, 7) is 11.5. The van der Waals surface area contributed by atoms with E-state index in [0.29, 0.717) is 5.41 Å². The summed E-state index contributed by atoms with van der Waals surface area (Å²) in [5, 5.41) is 3.39. The Bertz CT molecular complexity index is 141. The molecule has 0 aromatic rings. The molecule has 0 unspecified atom stereocenters. The van der Waals surface area contributed by atoms with Crippen LogP contribution < -0.4 is 5.32 Å². The van der Waals surface area contributed by atoms with Crippen LogP contribution >= 0.6 is 0 Å². The molecule has 0 aliphatic heterocycles. The molecule has 0 atom stereocenters. The number of hydrogen-bond donors (Lipinski definition) is 1. The van der Waals surface area contributed by atoms with Crippen molar-refractivity contribution < 1.29 is 4.74 Å². The van der Waals surface area contributed by atoms with E-state index in [1.54, 1.807) is 0 Å². The molecule has 92 valence electrons. The van der Waals surface area contributed by atoms with Crippen molar-refractivity contribution in [2.45, 2.75) is 27.2 Å². The first-order valence-corrected chi connectivity index (χ1v) is 5.85. The molecule has 0 heterocycles. The van der Waals surface area contributed by atoms with Crippen molar-refractivity contribution >= 4 is 0 Å². The fraction of sp³-hybridized carbons (Fsp3) is 1.00. The Morgan fingerprint density at radius 1 is 1.07 bits per heavy atom. The van der Waals surface area contributed by atoms with Gasteiger partial charge < -0.3 is 15.0 Å². The fourth-order valence-corrected chi connectivity index (χ4v) is 1.08. The van der Waals surface area contributed by atoms with E-state index in [1.807, 2.05) is 0 Å². The Labute approximate surface area is 95.2 Å². The maximum Gasteiger partial charge on any atom is 0.0593 e. The first-order chi connectivity index (χ1) is 6.92. The van der Waals surface area contributed by atoms with E-state index < -0.39 is 0 Å². The van der Waals surface area contributed by atoms with Gasteiger partial charge in [0.2, 0.25) is 0 Å². The lowest BCUT2D eigenvalue weighted by atomic mass is 9.92. The van der Waals surface area contributed by atoms with Gasteiger partial charge in [-0.15, -0.1) is 0 Å². The Hall–Kier alpha value is -0.120. The second-order valence-electron chi connectivity index (χ2n) is 5.48. The predicted octanol–water partition coefficient (Wildman–Crippen LogP) is 1.59. The molecule has 0 saturated heterocycles. The summed E-state index contributed by atoms with van der Waals surface area (Å²) in [6, 6.07) is 0. The maximum atomic E-state index is 5.47. The number of hydrogen-bond acceptors (Lipinski definition) is 3. The molecule has 3 heteroatoms. The molecule has 0 aliphatic carbocycles. The standard InChI is InChI=1S/C12H28N2O/c1-12(2,3)6-7-13-8-10-15-11-9-14(4)5/h13H,6-11H2,1-5H3. The average Bonchev–Trinajstić information content (AvgIpc) is 2.07. The molecule has 0 aromatic heterocycles. The van der Waals surface area contributed by atoms with Gasteiger partial charge in [-0.2, -0.15) is 0 Å². The zero-order chi connectivity index (χ0) is 11.7. The molecule has 0 rings (SSSR count). The molecule has 0 amide bonds. The van der Waals surface area contributed by atoms with Crippen LogP contribution in [0.1, 0.15) is 27.2 Å². The normalized spacial score (nSPS) is 12.4. The van der Waals surface area contributed by atoms with Gasteiger partial charge in [0, 0.05) is 13.1 Å². The van der Waals surface area contributed by atoms with Crippen LogP contribution in [0.3, 0.4) is 0 Å². The quantitative estimate of drug-likeness (QED) is 0.624. The Kier molecular flexibility index (Phi) is 8.02. The van der Waals surface area contributed by atoms with E-state index in [0.717, 1.165) is 32.8 Å². The zero-order valence-corrected chi connectivity index (χ0v) is 11.1. The van der Waals surface area contributed by atoms with E-state index in [-0.39, 0.29) is 0 Å². The largest absolute Gasteiger partial charge is 0.379 e. The van der Waals surface area contributed by atoms with Crippen molar-refractivity contribution in [3.8, 4) is 0 Å². The lowest BCUT2D eigenvalue weighted by molar-refractivity contribution is 0.119. The highest BCUT2D eigenvalue weighted by Gasteiger charge is 2.08. The summed E-state index contributed by atoms with van der Waals surface area (Å²) < 4.78 is 5.47. The van der Waals surface area contributed by atoms with Crippen molar-refractivity contribution in [2.24, 2.45) is 5.41 Å². The highest BCUT2D eigenvalue weighted by Crippen LogP contribution is 2.16. The van der Waals surface area contributed by atoms with E-state index in [1.165, 1.54) is 6.42 Å². The van der Waals surface area contributed by atoms with Crippen LogP contribution in [-0.2, 0) is 4.74 Å². The lowest BCUT2D eigenvalue weighted by Gasteiger charge is -2.18. The van der Waals surface area contributed by atoms with Gasteiger partial charge in [-0.05, 0) is 32.5 Å². The number of nitrogens with one attached hydrogen (secondary N) is 1. The van der Waals surface area contributed by atoms with Crippen LogP contribution in [0.15, 0.2) is 0 Å². The van der Waals surface area contributed by atoms with Crippen LogP contribution in [0.4, 0.5) is 0 Å². The molecular weight excluding hydrogens is 188 g/mol. The Morgan fingerprint density at radius 3 is 2.27 bits per heavy atom. The number of likely N-dealkylation sites (N-methyl/N-ethyl adjacent to an activating group) is 1. The van der Waals surface area contributed by atoms with Crippen LogP contribution in [0, 0.1) is 5.41 Å². The highest BCUT2D eigenvalue weighted by atomic mass is 16.5. The first-order valence-electron chi connectivity index (χ1n) is 5.85. The molecule has 0 saturated carbocycles. The molecule has 0 spiro atoms. The molecule has 1 N–H and O–H groups in total. The molecule has 3 nitrogen and oxygen atoms in total. The summed E-state index contributed by atoms with van der Waals surface area (Å²) in [4.78, 5) is 2.13. The van der Waals surface area contributed by atoms with Gasteiger partial charge in [0.15, 0.2) is 0 Å². The van der Waals surface area contributed by atoms with Gasteiger partial charge in [-0.1, -0.05) is 20.8 Å². The van der Waals surface area contributed by atoms with E-state index in [2.05, 4.69) is 45.1 Å². The second-order valence-corrected chi connectivity index (χ2v) is 5.48. The van der Waals surface area contributed by atoms with E-state index in [9.17, 15) is 0 Å². The summed E-state index contributed by atoms with van der Waals surface area (Å²) in [7, 11) is 4.12. The summed E-state index contributed by atoms with van der Waals surface area (Å²) in [5.74, 6) is 0. The second kappa shape index (κ2) is 8.08. The fourth-order valence-electron chi connectivity index (χ4n) is 1.08. The predicted molar refractivity (Wildman–Crippen MR) is 66.3 cm³/mol. The molecule has 0 aromatic carbocycles. The van der Waals surface area contributed by atoms with Crippen LogP contribution in [0.25, 0.3) is 0 Å². The topological polar surface area (TPSA) is 24.5 Å². The third-order valence-corrected chi connectivity index (χ3v) is 2.16. The van der Waals surface area contributed by atoms with Crippen molar-refractivity contribution in [2.75, 3.05) is 46.9 Å². The Balaban J connectivity index is 3.06. The Morgan fingerprint density at radius 2 is 1.73 bits per heavy atom. The number of ether oxygens (including phenoxy) is 1. The minimum absolute atomic E-state index is 0.429. The molecule has 0 fully saturated rings. The van der Waals surface area contributed by atoms with Crippen molar-refractivity contribution in [1.29, 1.82) is 0 Å². The molecular formula is C12H28N2O. The third-order valence-electron chi connectivity index (χ3n) is 2.16. The number of nitrogens with zero attached hydrogens (tertiary/aromatic N) is 1. The minimum Gasteiger partial charge on any atom is -0.379 e. The average molecular weight is 216 g/mol. The number of rotatable bonds is 8. The summed E-state index contributed by atoms with van der Waals surface area (Å²) >= 11 is 0. The van der Waals surface area contributed by atoms with Crippen molar-refractivity contribution in [3.63, 3.8) is 0 Å². The van der Waals surface area contributed by atoms with Crippen LogP contribution in [0.2, 0.25) is 0 Å². The van der Waals surface area contributed by atoms with Gasteiger partial charge >= 0.3 is 0 Å². The van der Waals surface area contributed by atoms with E-state index in [4.69, 9.17) is 4.74 Å². The first kappa shape index (κ1) is 14.9. The van der Waals surface area contributed by atoms with E-state index >= 15 is 0 Å². The third kappa shape index (κ3) is 13.9. The molecule has 0 aliphatic rings. The van der Waals surface area contributed by atoms with Crippen LogP contribution in [0.5, 0.6) is 0 Å². The SMILES string of the molecule is CN(C)CCOCCNCCC(C)(C)C. The van der Waals surface area contributed by atoms with Crippen molar-refractivity contribution in [1.82, 2.24) is 10.2 Å². The monoisotopic (exact) mass is 216 g/mol. The van der Waals surface area contributed by atoms with Gasteiger partial charge in [0.05, 0.1) is 13.2 Å². The highest BCUT2D eigenvalue weighted by molar-refractivity contribution is 4.62.